The summed E-state index contributed by atoms with van der Waals surface area (Å²) in [5, 5.41) is 3.49. The molecule has 1 aliphatic heterocycles. The maximum absolute atomic E-state index is 5.71. The van der Waals surface area contributed by atoms with Gasteiger partial charge < -0.3 is 19.5 Å². The van der Waals surface area contributed by atoms with Gasteiger partial charge >= 0.3 is 0 Å². The van der Waals surface area contributed by atoms with Crippen molar-refractivity contribution in [2.45, 2.75) is 45.9 Å². The molecule has 0 aromatic rings. The molecule has 2 unspecified atom stereocenters. The van der Waals surface area contributed by atoms with Crippen molar-refractivity contribution in [3.05, 3.63) is 0 Å². The van der Waals surface area contributed by atoms with E-state index < -0.39 is 0 Å². The molecule has 4 heteroatoms. The van der Waals surface area contributed by atoms with Gasteiger partial charge in [0.25, 0.3) is 0 Å². The fraction of sp³-hybridized carbons (Fsp3) is 1.00. The van der Waals surface area contributed by atoms with Gasteiger partial charge in [-0.05, 0) is 33.2 Å². The van der Waals surface area contributed by atoms with Gasteiger partial charge in [-0.2, -0.15) is 0 Å². The van der Waals surface area contributed by atoms with Gasteiger partial charge in [-0.1, -0.05) is 6.92 Å². The minimum Gasteiger partial charge on any atom is -0.381 e. The first-order valence-corrected chi connectivity index (χ1v) is 6.87. The van der Waals surface area contributed by atoms with Crippen LogP contribution in [0.15, 0.2) is 0 Å². The number of rotatable bonds is 8. The molecule has 0 aromatic heterocycles. The van der Waals surface area contributed by atoms with Crippen LogP contribution in [0, 0.1) is 5.92 Å². The number of nitrogens with one attached hydrogen (secondary N) is 1. The van der Waals surface area contributed by atoms with Crippen molar-refractivity contribution < 1.29 is 14.2 Å². The molecule has 0 radical (unpaired) electrons. The average Bonchev–Trinajstić information content (AvgIpc) is 2.37. The molecule has 4 nitrogen and oxygen atoms in total. The first kappa shape index (κ1) is 14.9. The molecular weight excluding hydrogens is 218 g/mol. The molecule has 102 valence electrons. The Labute approximate surface area is 105 Å². The molecular formula is C13H27NO3. The predicted octanol–water partition coefficient (Wildman–Crippen LogP) is 1.79. The molecule has 1 heterocycles. The third kappa shape index (κ3) is 4.92. The van der Waals surface area contributed by atoms with E-state index in [1.54, 1.807) is 0 Å². The Morgan fingerprint density at radius 1 is 1.24 bits per heavy atom. The Kier molecular flexibility index (Phi) is 7.77. The van der Waals surface area contributed by atoms with Crippen molar-refractivity contribution in [1.82, 2.24) is 5.32 Å². The monoisotopic (exact) mass is 245 g/mol. The number of hydrogen-bond acceptors (Lipinski definition) is 4. The van der Waals surface area contributed by atoms with Crippen LogP contribution in [0.25, 0.3) is 0 Å². The van der Waals surface area contributed by atoms with Crippen LogP contribution in [0.3, 0.4) is 0 Å². The summed E-state index contributed by atoms with van der Waals surface area (Å²) in [6.07, 6.45) is 2.17. The normalized spacial score (nSPS) is 22.9. The molecule has 17 heavy (non-hydrogen) atoms. The van der Waals surface area contributed by atoms with E-state index in [4.69, 9.17) is 14.2 Å². The third-order valence-corrected chi connectivity index (χ3v) is 3.10. The summed E-state index contributed by atoms with van der Waals surface area (Å²) >= 11 is 0. The van der Waals surface area contributed by atoms with Crippen LogP contribution >= 0.6 is 0 Å². The molecule has 1 fully saturated rings. The van der Waals surface area contributed by atoms with Crippen LogP contribution in [0.5, 0.6) is 0 Å². The van der Waals surface area contributed by atoms with Crippen molar-refractivity contribution >= 4 is 0 Å². The predicted molar refractivity (Wildman–Crippen MR) is 68.0 cm³/mol. The van der Waals surface area contributed by atoms with E-state index in [9.17, 15) is 0 Å². The zero-order chi connectivity index (χ0) is 12.5. The van der Waals surface area contributed by atoms with Crippen LogP contribution in [0.4, 0.5) is 0 Å². The molecule has 1 N–H and O–H groups in total. The fourth-order valence-electron chi connectivity index (χ4n) is 2.35. The molecule has 0 aliphatic carbocycles. The van der Waals surface area contributed by atoms with Gasteiger partial charge in [0.15, 0.2) is 6.29 Å². The first-order chi connectivity index (χ1) is 8.33. The van der Waals surface area contributed by atoms with Gasteiger partial charge in [-0.15, -0.1) is 0 Å². The van der Waals surface area contributed by atoms with Gasteiger partial charge in [0.1, 0.15) is 0 Å². The first-order valence-electron chi connectivity index (χ1n) is 6.87. The highest BCUT2D eigenvalue weighted by atomic mass is 16.7. The summed E-state index contributed by atoms with van der Waals surface area (Å²) in [5.74, 6) is 0.492. The highest BCUT2D eigenvalue weighted by molar-refractivity contribution is 4.81. The van der Waals surface area contributed by atoms with E-state index >= 15 is 0 Å². The lowest BCUT2D eigenvalue weighted by Crippen LogP contribution is -2.50. The highest BCUT2D eigenvalue weighted by Gasteiger charge is 2.31. The van der Waals surface area contributed by atoms with Crippen LogP contribution in [-0.2, 0) is 14.2 Å². The quantitative estimate of drug-likeness (QED) is 0.662. The van der Waals surface area contributed by atoms with Gasteiger partial charge in [-0.25, -0.2) is 0 Å². The summed E-state index contributed by atoms with van der Waals surface area (Å²) in [5.41, 5.74) is 0. The highest BCUT2D eigenvalue weighted by Crippen LogP contribution is 2.21. The summed E-state index contributed by atoms with van der Waals surface area (Å²) in [6.45, 7) is 10.1. The van der Waals surface area contributed by atoms with Crippen LogP contribution in [-0.4, -0.2) is 45.3 Å². The fourth-order valence-corrected chi connectivity index (χ4v) is 2.35. The minimum atomic E-state index is -0.156. The number of likely N-dealkylation sites (N-methyl/N-ethyl adjacent to an activating group) is 1. The Hall–Kier alpha value is -0.160. The van der Waals surface area contributed by atoms with Crippen molar-refractivity contribution in [1.29, 1.82) is 0 Å². The van der Waals surface area contributed by atoms with Crippen molar-refractivity contribution in [3.8, 4) is 0 Å². The van der Waals surface area contributed by atoms with Gasteiger partial charge in [-0.3, -0.25) is 0 Å². The second-order valence-electron chi connectivity index (χ2n) is 4.34. The summed E-state index contributed by atoms with van der Waals surface area (Å²) in [7, 11) is 0. The smallest absolute Gasteiger partial charge is 0.173 e. The molecule has 0 saturated carbocycles. The zero-order valence-corrected chi connectivity index (χ0v) is 11.4. The van der Waals surface area contributed by atoms with E-state index in [-0.39, 0.29) is 12.3 Å². The molecule has 1 aliphatic rings. The van der Waals surface area contributed by atoms with Crippen LogP contribution in [0.1, 0.15) is 33.6 Å². The zero-order valence-electron chi connectivity index (χ0n) is 11.4. The molecule has 2 atom stereocenters. The van der Waals surface area contributed by atoms with E-state index in [1.807, 2.05) is 13.8 Å². The third-order valence-electron chi connectivity index (χ3n) is 3.10. The van der Waals surface area contributed by atoms with Crippen molar-refractivity contribution in [3.63, 3.8) is 0 Å². The lowest BCUT2D eigenvalue weighted by atomic mass is 9.93. The Balaban J connectivity index is 2.58. The average molecular weight is 245 g/mol. The summed E-state index contributed by atoms with van der Waals surface area (Å²) < 4.78 is 17.0. The van der Waals surface area contributed by atoms with Gasteiger partial charge in [0.2, 0.25) is 0 Å². The molecule has 0 amide bonds. The second kappa shape index (κ2) is 8.86. The van der Waals surface area contributed by atoms with E-state index in [1.165, 1.54) is 6.42 Å². The standard InChI is InChI=1S/C13H27NO3/c1-4-14-12(11-8-7-9-15-10-11)13(16-5-2)17-6-3/h11-14H,4-10H2,1-3H3. The molecule has 0 bridgehead atoms. The van der Waals surface area contributed by atoms with Crippen molar-refractivity contribution in [2.75, 3.05) is 33.0 Å². The molecule has 0 aromatic carbocycles. The maximum Gasteiger partial charge on any atom is 0.173 e. The number of ether oxygens (including phenoxy) is 3. The molecule has 0 spiro atoms. The van der Waals surface area contributed by atoms with Gasteiger partial charge in [0.05, 0.1) is 12.6 Å². The number of hydrogen-bond donors (Lipinski definition) is 1. The largest absolute Gasteiger partial charge is 0.381 e. The van der Waals surface area contributed by atoms with Crippen LogP contribution < -0.4 is 5.32 Å². The molecule has 1 saturated heterocycles. The second-order valence-corrected chi connectivity index (χ2v) is 4.34. The minimum absolute atomic E-state index is 0.156. The van der Waals surface area contributed by atoms with E-state index in [2.05, 4.69) is 12.2 Å². The SMILES string of the molecule is CCNC(C1CCCOC1)C(OCC)OCC. The summed E-state index contributed by atoms with van der Waals surface area (Å²) in [4.78, 5) is 0. The molecule has 1 rings (SSSR count). The van der Waals surface area contributed by atoms with Gasteiger partial charge in [0, 0.05) is 25.7 Å². The van der Waals surface area contributed by atoms with Crippen LogP contribution in [0.2, 0.25) is 0 Å². The van der Waals surface area contributed by atoms with E-state index in [0.29, 0.717) is 19.1 Å². The Morgan fingerprint density at radius 3 is 2.41 bits per heavy atom. The lowest BCUT2D eigenvalue weighted by Gasteiger charge is -2.35. The maximum atomic E-state index is 5.71. The topological polar surface area (TPSA) is 39.7 Å². The summed E-state index contributed by atoms with van der Waals surface area (Å²) in [6, 6.07) is 0.236. The lowest BCUT2D eigenvalue weighted by molar-refractivity contribution is -0.169. The van der Waals surface area contributed by atoms with E-state index in [0.717, 1.165) is 26.2 Å². The van der Waals surface area contributed by atoms with Crippen molar-refractivity contribution in [2.24, 2.45) is 5.92 Å². The Bertz CT molecular complexity index is 178. The Morgan fingerprint density at radius 2 is 1.94 bits per heavy atom.